The van der Waals surface area contributed by atoms with Gasteiger partial charge < -0.3 is 5.11 Å². The van der Waals surface area contributed by atoms with E-state index in [1.54, 1.807) is 55.6 Å². The molecule has 0 radical (unpaired) electrons. The first-order chi connectivity index (χ1) is 15.6. The molecule has 2 aromatic carbocycles. The van der Waals surface area contributed by atoms with Crippen molar-refractivity contribution >= 4 is 20.0 Å². The lowest BCUT2D eigenvalue weighted by Crippen LogP contribution is -2.55. The first-order valence-electron chi connectivity index (χ1n) is 11.3. The summed E-state index contributed by atoms with van der Waals surface area (Å²) in [5.74, 6) is 0. The van der Waals surface area contributed by atoms with E-state index in [2.05, 4.69) is 0 Å². The zero-order valence-electron chi connectivity index (χ0n) is 19.5. The van der Waals surface area contributed by atoms with Crippen molar-refractivity contribution in [1.29, 1.82) is 0 Å². The van der Waals surface area contributed by atoms with Crippen LogP contribution in [0.5, 0.6) is 0 Å². The fraction of sp³-hybridized carbons (Fsp3) is 0.500. The average molecular weight is 495 g/mol. The van der Waals surface area contributed by atoms with Gasteiger partial charge in [-0.2, -0.15) is 8.61 Å². The van der Waals surface area contributed by atoms with E-state index < -0.39 is 32.1 Å². The van der Waals surface area contributed by atoms with Crippen molar-refractivity contribution in [1.82, 2.24) is 8.61 Å². The van der Waals surface area contributed by atoms with E-state index >= 15 is 0 Å². The number of benzene rings is 2. The highest BCUT2D eigenvalue weighted by Gasteiger charge is 2.42. The number of hydrogen-bond donors (Lipinski definition) is 1. The van der Waals surface area contributed by atoms with E-state index in [1.807, 2.05) is 13.8 Å². The molecule has 2 atom stereocenters. The van der Waals surface area contributed by atoms with Gasteiger partial charge in [-0.15, -0.1) is 0 Å². The number of aliphatic hydroxyl groups excluding tert-OH is 1. The van der Waals surface area contributed by atoms with E-state index in [0.717, 1.165) is 24.0 Å². The van der Waals surface area contributed by atoms with E-state index in [9.17, 15) is 21.9 Å². The van der Waals surface area contributed by atoms with Crippen LogP contribution >= 0.6 is 0 Å². The van der Waals surface area contributed by atoms with Gasteiger partial charge in [-0.3, -0.25) is 0 Å². The van der Waals surface area contributed by atoms with E-state index in [-0.39, 0.29) is 29.4 Å². The highest BCUT2D eigenvalue weighted by molar-refractivity contribution is 7.89. The van der Waals surface area contributed by atoms with Gasteiger partial charge in [0.15, 0.2) is 0 Å². The summed E-state index contributed by atoms with van der Waals surface area (Å²) in [4.78, 5) is 0.377. The minimum absolute atomic E-state index is 0.131. The SMILES string of the molecule is Cc1ccc(S(=O)(=O)N(C)[C@@H]2CCCC[C@H]2N(CCCO)S(=O)(=O)c2ccc(C)cc2)cc1. The first kappa shape index (κ1) is 25.8. The monoisotopic (exact) mass is 494 g/mol. The van der Waals surface area contributed by atoms with Gasteiger partial charge in [0.05, 0.1) is 9.79 Å². The maximum atomic E-state index is 13.7. The number of rotatable bonds is 9. The summed E-state index contributed by atoms with van der Waals surface area (Å²) in [6.45, 7) is 3.77. The number of sulfonamides is 2. The van der Waals surface area contributed by atoms with Gasteiger partial charge in [0.2, 0.25) is 20.0 Å². The molecule has 1 aliphatic carbocycles. The Hall–Kier alpha value is -1.78. The minimum atomic E-state index is -3.87. The van der Waals surface area contributed by atoms with Crippen LogP contribution < -0.4 is 0 Å². The fourth-order valence-electron chi connectivity index (χ4n) is 4.44. The summed E-state index contributed by atoms with van der Waals surface area (Å²) in [7, 11) is -6.12. The molecular weight excluding hydrogens is 460 g/mol. The van der Waals surface area contributed by atoms with Gasteiger partial charge >= 0.3 is 0 Å². The van der Waals surface area contributed by atoms with Crippen LogP contribution in [0.2, 0.25) is 0 Å². The van der Waals surface area contributed by atoms with Crippen molar-refractivity contribution in [3.8, 4) is 0 Å². The van der Waals surface area contributed by atoms with Gasteiger partial charge in [-0.25, -0.2) is 16.8 Å². The van der Waals surface area contributed by atoms with Crippen LogP contribution in [0.1, 0.15) is 43.2 Å². The number of likely N-dealkylation sites (N-methyl/N-ethyl adjacent to an activating group) is 1. The number of hydrogen-bond acceptors (Lipinski definition) is 5. The second-order valence-corrected chi connectivity index (χ2v) is 12.6. The predicted octanol–water partition coefficient (Wildman–Crippen LogP) is 3.31. The molecule has 3 rings (SSSR count). The quantitative estimate of drug-likeness (QED) is 0.577. The number of aryl methyl sites for hydroxylation is 2. The highest BCUT2D eigenvalue weighted by Crippen LogP contribution is 2.33. The first-order valence-corrected chi connectivity index (χ1v) is 14.2. The summed E-state index contributed by atoms with van der Waals surface area (Å²) < 4.78 is 56.9. The Morgan fingerprint density at radius 1 is 0.788 bits per heavy atom. The Morgan fingerprint density at radius 3 is 1.73 bits per heavy atom. The number of aliphatic hydroxyl groups is 1. The minimum Gasteiger partial charge on any atom is -0.396 e. The molecule has 1 saturated carbocycles. The molecule has 9 heteroatoms. The van der Waals surface area contributed by atoms with Crippen LogP contribution in [-0.2, 0) is 20.0 Å². The Morgan fingerprint density at radius 2 is 1.24 bits per heavy atom. The van der Waals surface area contributed by atoms with Gasteiger partial charge in [0, 0.05) is 32.3 Å². The van der Waals surface area contributed by atoms with Crippen molar-refractivity contribution < 1.29 is 21.9 Å². The number of nitrogens with zero attached hydrogens (tertiary/aromatic N) is 2. The molecule has 0 saturated heterocycles. The molecule has 0 aromatic heterocycles. The van der Waals surface area contributed by atoms with E-state index in [1.165, 1.54) is 8.61 Å². The van der Waals surface area contributed by atoms with E-state index in [4.69, 9.17) is 0 Å². The third-order valence-corrected chi connectivity index (χ3v) is 10.2. The third kappa shape index (κ3) is 5.66. The molecule has 2 aromatic rings. The molecule has 7 nitrogen and oxygen atoms in total. The highest BCUT2D eigenvalue weighted by atomic mass is 32.2. The lowest BCUT2D eigenvalue weighted by Gasteiger charge is -2.42. The standard InChI is InChI=1S/C24H34N2O5S2/c1-19-9-13-21(14-10-19)32(28,29)25(3)23-7-4-5-8-24(23)26(17-6-18-27)33(30,31)22-15-11-20(2)12-16-22/h9-16,23-24,27H,4-8,17-18H2,1-3H3/t23-,24-/m1/s1. The maximum Gasteiger partial charge on any atom is 0.243 e. The second-order valence-electron chi connectivity index (χ2n) is 8.76. The van der Waals surface area contributed by atoms with Crippen LogP contribution in [0.25, 0.3) is 0 Å². The second kappa shape index (κ2) is 10.7. The molecule has 0 amide bonds. The van der Waals surface area contributed by atoms with Gasteiger partial charge in [-0.1, -0.05) is 48.2 Å². The molecule has 0 heterocycles. The molecule has 0 bridgehead atoms. The molecule has 1 aliphatic rings. The summed E-state index contributed by atoms with van der Waals surface area (Å²) in [6.07, 6.45) is 3.06. The Bertz CT molecular complexity index is 1130. The predicted molar refractivity (Wildman–Crippen MR) is 129 cm³/mol. The van der Waals surface area contributed by atoms with Gasteiger partial charge in [0.1, 0.15) is 0 Å². The Balaban J connectivity index is 1.99. The van der Waals surface area contributed by atoms with Crippen LogP contribution in [0.4, 0.5) is 0 Å². The average Bonchev–Trinajstić information content (AvgIpc) is 2.79. The molecule has 0 unspecified atom stereocenters. The smallest absolute Gasteiger partial charge is 0.243 e. The Labute approximate surface area is 198 Å². The van der Waals surface area contributed by atoms with Gasteiger partial charge in [0.25, 0.3) is 0 Å². The summed E-state index contributed by atoms with van der Waals surface area (Å²) in [5, 5.41) is 9.43. The van der Waals surface area contributed by atoms with Crippen molar-refractivity contribution in [3.63, 3.8) is 0 Å². The lowest BCUT2D eigenvalue weighted by molar-refractivity contribution is 0.150. The molecule has 0 aliphatic heterocycles. The normalized spacial score (nSPS) is 19.8. The fourth-order valence-corrected chi connectivity index (χ4v) is 7.58. The molecule has 0 spiro atoms. The lowest BCUT2D eigenvalue weighted by atomic mass is 9.90. The Kier molecular flexibility index (Phi) is 8.34. The summed E-state index contributed by atoms with van der Waals surface area (Å²) in [5.41, 5.74) is 1.92. The van der Waals surface area contributed by atoms with Crippen LogP contribution in [0, 0.1) is 13.8 Å². The van der Waals surface area contributed by atoms with Crippen molar-refractivity contribution in [2.75, 3.05) is 20.2 Å². The molecule has 182 valence electrons. The summed E-state index contributed by atoms with van der Waals surface area (Å²) in [6, 6.07) is 12.4. The largest absolute Gasteiger partial charge is 0.396 e. The maximum absolute atomic E-state index is 13.7. The van der Waals surface area contributed by atoms with Crippen molar-refractivity contribution in [2.45, 2.75) is 67.8 Å². The molecule has 33 heavy (non-hydrogen) atoms. The van der Waals surface area contributed by atoms with Gasteiger partial charge in [-0.05, 0) is 57.4 Å². The van der Waals surface area contributed by atoms with Crippen molar-refractivity contribution in [2.24, 2.45) is 0 Å². The summed E-state index contributed by atoms with van der Waals surface area (Å²) >= 11 is 0. The third-order valence-electron chi connectivity index (χ3n) is 6.39. The zero-order valence-corrected chi connectivity index (χ0v) is 21.1. The van der Waals surface area contributed by atoms with Crippen LogP contribution in [-0.4, -0.2) is 62.8 Å². The van der Waals surface area contributed by atoms with Crippen molar-refractivity contribution in [3.05, 3.63) is 59.7 Å². The molecule has 1 fully saturated rings. The van der Waals surface area contributed by atoms with Crippen LogP contribution in [0.15, 0.2) is 58.3 Å². The topological polar surface area (TPSA) is 95.0 Å². The molecular formula is C24H34N2O5S2. The van der Waals surface area contributed by atoms with E-state index in [0.29, 0.717) is 12.8 Å². The zero-order chi connectivity index (χ0) is 24.2. The molecule has 1 N–H and O–H groups in total. The van der Waals surface area contributed by atoms with Crippen LogP contribution in [0.3, 0.4) is 0 Å².